The normalized spacial score (nSPS) is 23.3. The Kier molecular flexibility index (Phi) is 6.74. The highest BCUT2D eigenvalue weighted by Gasteiger charge is 2.39. The Morgan fingerprint density at radius 3 is 2.60 bits per heavy atom. The van der Waals surface area contributed by atoms with E-state index >= 15 is 0 Å². The molecule has 2 heterocycles. The molecule has 2 fully saturated rings. The monoisotopic (exact) mass is 406 g/mol. The summed E-state index contributed by atoms with van der Waals surface area (Å²) in [6.45, 7) is 3.82. The number of nitrogens with one attached hydrogen (secondary N) is 1. The third kappa shape index (κ3) is 4.87. The summed E-state index contributed by atoms with van der Waals surface area (Å²) in [4.78, 5) is 34.7. The number of carbonyl (C=O) groups excluding carboxylic acids is 2. The first-order valence-corrected chi connectivity index (χ1v) is 11.0. The van der Waals surface area contributed by atoms with E-state index in [1.54, 1.807) is 0 Å². The van der Waals surface area contributed by atoms with Gasteiger partial charge in [-0.25, -0.2) is 0 Å². The molecule has 6 nitrogen and oxygen atoms in total. The molecule has 0 bridgehead atoms. The zero-order chi connectivity index (χ0) is 20.8. The van der Waals surface area contributed by atoms with Crippen LogP contribution in [0.2, 0.25) is 0 Å². The lowest BCUT2D eigenvalue weighted by molar-refractivity contribution is -0.126. The van der Waals surface area contributed by atoms with E-state index in [1.165, 1.54) is 5.56 Å². The van der Waals surface area contributed by atoms with Crippen molar-refractivity contribution in [1.82, 2.24) is 20.1 Å². The van der Waals surface area contributed by atoms with E-state index in [-0.39, 0.29) is 23.8 Å². The molecule has 1 N–H and O–H groups in total. The van der Waals surface area contributed by atoms with Crippen LogP contribution in [0.1, 0.15) is 41.6 Å². The second kappa shape index (κ2) is 9.85. The number of benzene rings is 1. The molecule has 2 atom stereocenters. The molecule has 1 aromatic carbocycles. The molecule has 1 saturated heterocycles. The van der Waals surface area contributed by atoms with Gasteiger partial charge in [0.15, 0.2) is 0 Å². The standard InChI is InChI=1S/C24H30N4O2/c29-23-21-8-4-9-22(21)28(24(30)20-6-2-1-3-7-20)16-5-15-27(17-14-26-23)18-19-10-12-25-13-11-19/h1-3,6-7,10-13,21-22H,4-5,8-9,14-18H2,(H,26,29)/t21-,22+/m1/s1. The Hall–Kier alpha value is -2.73. The minimum Gasteiger partial charge on any atom is -0.355 e. The first kappa shape index (κ1) is 20.5. The van der Waals surface area contributed by atoms with E-state index in [4.69, 9.17) is 0 Å². The van der Waals surface area contributed by atoms with E-state index in [1.807, 2.05) is 59.8 Å². The molecule has 2 amide bonds. The predicted molar refractivity (Wildman–Crippen MR) is 116 cm³/mol. The molecule has 2 aliphatic rings. The molecule has 0 unspecified atom stereocenters. The Balaban J connectivity index is 1.52. The fourth-order valence-electron chi connectivity index (χ4n) is 4.73. The predicted octanol–water partition coefficient (Wildman–Crippen LogP) is 2.71. The Labute approximate surface area is 178 Å². The van der Waals surface area contributed by atoms with Crippen LogP contribution in [-0.2, 0) is 11.3 Å². The van der Waals surface area contributed by atoms with Crippen molar-refractivity contribution in [3.8, 4) is 0 Å². The average Bonchev–Trinajstić information content (AvgIpc) is 3.26. The van der Waals surface area contributed by atoms with Gasteiger partial charge in [0.25, 0.3) is 5.91 Å². The van der Waals surface area contributed by atoms with Crippen molar-refractivity contribution in [3.63, 3.8) is 0 Å². The van der Waals surface area contributed by atoms with Crippen LogP contribution in [0.4, 0.5) is 0 Å². The fraction of sp³-hybridized carbons (Fsp3) is 0.458. The Morgan fingerprint density at radius 2 is 1.80 bits per heavy atom. The van der Waals surface area contributed by atoms with Gasteiger partial charge < -0.3 is 10.2 Å². The number of aromatic nitrogens is 1. The van der Waals surface area contributed by atoms with Gasteiger partial charge in [0, 0.05) is 56.7 Å². The van der Waals surface area contributed by atoms with Crippen LogP contribution in [0.3, 0.4) is 0 Å². The number of nitrogens with zero attached hydrogens (tertiary/aromatic N) is 3. The van der Waals surface area contributed by atoms with Gasteiger partial charge >= 0.3 is 0 Å². The van der Waals surface area contributed by atoms with Crippen molar-refractivity contribution < 1.29 is 9.59 Å². The molecule has 1 aliphatic carbocycles. The van der Waals surface area contributed by atoms with Crippen LogP contribution < -0.4 is 5.32 Å². The minimum atomic E-state index is -0.107. The fourth-order valence-corrected chi connectivity index (χ4v) is 4.73. The third-order valence-electron chi connectivity index (χ3n) is 6.25. The van der Waals surface area contributed by atoms with E-state index in [0.29, 0.717) is 18.7 Å². The summed E-state index contributed by atoms with van der Waals surface area (Å²) in [6.07, 6.45) is 7.26. The first-order chi connectivity index (χ1) is 14.7. The summed E-state index contributed by atoms with van der Waals surface area (Å²) in [6, 6.07) is 13.5. The van der Waals surface area contributed by atoms with E-state index < -0.39 is 0 Å². The van der Waals surface area contributed by atoms with Crippen LogP contribution in [0.15, 0.2) is 54.9 Å². The maximum absolute atomic E-state index is 13.3. The highest BCUT2D eigenvalue weighted by Crippen LogP contribution is 2.31. The molecule has 158 valence electrons. The number of carbonyl (C=O) groups is 2. The summed E-state index contributed by atoms with van der Waals surface area (Å²) < 4.78 is 0. The van der Waals surface area contributed by atoms with E-state index in [9.17, 15) is 9.59 Å². The number of fused-ring (bicyclic) bond motifs is 1. The lowest BCUT2D eigenvalue weighted by Crippen LogP contribution is -2.47. The number of rotatable bonds is 3. The van der Waals surface area contributed by atoms with Crippen LogP contribution >= 0.6 is 0 Å². The SMILES string of the molecule is O=C1NCCN(Cc2ccncc2)CCCN(C(=O)c2ccccc2)[C@H]2CCC[C@@H]12. The van der Waals surface area contributed by atoms with Gasteiger partial charge in [0.2, 0.25) is 5.91 Å². The van der Waals surface area contributed by atoms with Crippen LogP contribution in [-0.4, -0.2) is 58.8 Å². The lowest BCUT2D eigenvalue weighted by atomic mass is 9.99. The second-order valence-electron chi connectivity index (χ2n) is 8.25. The van der Waals surface area contributed by atoms with Crippen molar-refractivity contribution in [3.05, 3.63) is 66.0 Å². The molecule has 4 rings (SSSR count). The maximum Gasteiger partial charge on any atom is 0.254 e. The topological polar surface area (TPSA) is 65.5 Å². The van der Waals surface area contributed by atoms with E-state index in [0.717, 1.165) is 45.3 Å². The van der Waals surface area contributed by atoms with Gasteiger partial charge in [-0.3, -0.25) is 19.5 Å². The largest absolute Gasteiger partial charge is 0.355 e. The molecule has 1 aromatic heterocycles. The highest BCUT2D eigenvalue weighted by molar-refractivity contribution is 5.95. The summed E-state index contributed by atoms with van der Waals surface area (Å²) in [5.41, 5.74) is 1.91. The quantitative estimate of drug-likeness (QED) is 0.851. The molecule has 0 spiro atoms. The summed E-state index contributed by atoms with van der Waals surface area (Å²) in [5.74, 6) is 0.0266. The van der Waals surface area contributed by atoms with Crippen molar-refractivity contribution in [2.24, 2.45) is 5.92 Å². The van der Waals surface area contributed by atoms with Gasteiger partial charge in [-0.1, -0.05) is 24.6 Å². The van der Waals surface area contributed by atoms with Gasteiger partial charge in [0.05, 0.1) is 5.92 Å². The lowest BCUT2D eigenvalue weighted by Gasteiger charge is -2.33. The average molecular weight is 407 g/mol. The second-order valence-corrected chi connectivity index (χ2v) is 8.25. The number of hydrogen-bond acceptors (Lipinski definition) is 4. The number of pyridine rings is 1. The van der Waals surface area contributed by atoms with Gasteiger partial charge in [0.1, 0.15) is 0 Å². The van der Waals surface area contributed by atoms with Gasteiger partial charge in [-0.2, -0.15) is 0 Å². The van der Waals surface area contributed by atoms with Crippen LogP contribution in [0.25, 0.3) is 0 Å². The minimum absolute atomic E-state index is 0.00976. The zero-order valence-electron chi connectivity index (χ0n) is 17.4. The Bertz CT molecular complexity index is 843. The van der Waals surface area contributed by atoms with Crippen molar-refractivity contribution in [2.75, 3.05) is 26.2 Å². The number of hydrogen-bond donors (Lipinski definition) is 1. The Morgan fingerprint density at radius 1 is 1.00 bits per heavy atom. The number of amides is 2. The van der Waals surface area contributed by atoms with Gasteiger partial charge in [-0.15, -0.1) is 0 Å². The molecule has 1 aliphatic heterocycles. The van der Waals surface area contributed by atoms with Crippen molar-refractivity contribution >= 4 is 11.8 Å². The summed E-state index contributed by atoms with van der Waals surface area (Å²) in [5, 5.41) is 3.14. The maximum atomic E-state index is 13.3. The molecule has 1 saturated carbocycles. The van der Waals surface area contributed by atoms with Gasteiger partial charge in [-0.05, 0) is 49.1 Å². The van der Waals surface area contributed by atoms with Crippen molar-refractivity contribution in [1.29, 1.82) is 0 Å². The van der Waals surface area contributed by atoms with Crippen LogP contribution in [0, 0.1) is 5.92 Å². The third-order valence-corrected chi connectivity index (χ3v) is 6.25. The molecular weight excluding hydrogens is 376 g/mol. The first-order valence-electron chi connectivity index (χ1n) is 11.0. The molecule has 30 heavy (non-hydrogen) atoms. The molecule has 2 aromatic rings. The summed E-state index contributed by atoms with van der Waals surface area (Å²) >= 11 is 0. The van der Waals surface area contributed by atoms with Crippen molar-refractivity contribution in [2.45, 2.75) is 38.3 Å². The summed E-state index contributed by atoms with van der Waals surface area (Å²) in [7, 11) is 0. The molecule has 6 heteroatoms. The molecule has 0 radical (unpaired) electrons. The molecular formula is C24H30N4O2. The smallest absolute Gasteiger partial charge is 0.254 e. The van der Waals surface area contributed by atoms with E-state index in [2.05, 4.69) is 15.2 Å². The highest BCUT2D eigenvalue weighted by atomic mass is 16.2. The zero-order valence-corrected chi connectivity index (χ0v) is 17.4. The van der Waals surface area contributed by atoms with Crippen LogP contribution in [0.5, 0.6) is 0 Å².